The Morgan fingerprint density at radius 2 is 2.14 bits per heavy atom. The van der Waals surface area contributed by atoms with E-state index in [2.05, 4.69) is 20.4 Å². The Morgan fingerprint density at radius 3 is 2.83 bits per heavy atom. The number of rotatable bonds is 6. The molecule has 0 bridgehead atoms. The van der Waals surface area contributed by atoms with Gasteiger partial charge in [-0.2, -0.15) is 0 Å². The van der Waals surface area contributed by atoms with E-state index in [-0.39, 0.29) is 17.3 Å². The van der Waals surface area contributed by atoms with Crippen LogP contribution in [0.4, 0.5) is 0 Å². The summed E-state index contributed by atoms with van der Waals surface area (Å²) in [5.41, 5.74) is 1.85. The first-order chi connectivity index (χ1) is 13.7. The highest BCUT2D eigenvalue weighted by molar-refractivity contribution is 5.85. The quantitative estimate of drug-likeness (QED) is 0.400. The van der Waals surface area contributed by atoms with Crippen LogP contribution in [0, 0.1) is 22.7 Å². The number of carbonyl (C=O) groups is 2. The van der Waals surface area contributed by atoms with Crippen molar-refractivity contribution >= 4 is 18.0 Å². The molecule has 2 fully saturated rings. The summed E-state index contributed by atoms with van der Waals surface area (Å²) in [6.07, 6.45) is 10.8. The van der Waals surface area contributed by atoms with Crippen LogP contribution in [0.1, 0.15) is 63.7 Å². The monoisotopic (exact) mass is 400 g/mol. The Kier molecular flexibility index (Phi) is 6.06. The van der Waals surface area contributed by atoms with E-state index in [0.29, 0.717) is 11.7 Å². The molecule has 1 heterocycles. The normalized spacial score (nSPS) is 32.2. The van der Waals surface area contributed by atoms with Crippen LogP contribution in [0.15, 0.2) is 35.0 Å². The number of ether oxygens (including phenoxy) is 1. The summed E-state index contributed by atoms with van der Waals surface area (Å²) in [6, 6.07) is 1.91. The fourth-order valence-electron chi connectivity index (χ4n) is 6.11. The Balaban J connectivity index is 1.82. The Bertz CT molecular complexity index is 819. The lowest BCUT2D eigenvalue weighted by molar-refractivity contribution is -0.168. The van der Waals surface area contributed by atoms with Gasteiger partial charge in [0, 0.05) is 6.08 Å². The van der Waals surface area contributed by atoms with Gasteiger partial charge in [0.15, 0.2) is 0 Å². The predicted molar refractivity (Wildman–Crippen MR) is 111 cm³/mol. The van der Waals surface area contributed by atoms with Gasteiger partial charge in [0.05, 0.1) is 18.8 Å². The van der Waals surface area contributed by atoms with Crippen LogP contribution in [0.2, 0.25) is 0 Å². The van der Waals surface area contributed by atoms with E-state index in [1.807, 2.05) is 6.07 Å². The number of aliphatic carboxylic acids is 1. The molecule has 2 aliphatic rings. The summed E-state index contributed by atoms with van der Waals surface area (Å²) in [5, 5.41) is 8.87. The van der Waals surface area contributed by atoms with Crippen molar-refractivity contribution in [3.8, 4) is 0 Å². The van der Waals surface area contributed by atoms with Crippen molar-refractivity contribution in [3.63, 3.8) is 0 Å². The molecule has 0 amide bonds. The van der Waals surface area contributed by atoms with Gasteiger partial charge in [-0.05, 0) is 80.4 Å². The molecule has 5 heteroatoms. The highest BCUT2D eigenvalue weighted by Crippen LogP contribution is 2.62. The summed E-state index contributed by atoms with van der Waals surface area (Å²) in [6.45, 7) is 8.80. The van der Waals surface area contributed by atoms with Crippen LogP contribution in [0.5, 0.6) is 0 Å². The molecule has 0 aromatic carbocycles. The van der Waals surface area contributed by atoms with Gasteiger partial charge in [0.25, 0.3) is 0 Å². The molecular formula is C24H32O5. The number of fused-ring (bicyclic) bond motifs is 1. The second kappa shape index (κ2) is 8.21. The molecule has 0 saturated heterocycles. The molecule has 0 spiro atoms. The van der Waals surface area contributed by atoms with Crippen LogP contribution in [0.25, 0.3) is 6.08 Å². The Hall–Kier alpha value is -2.30. The second-order valence-electron chi connectivity index (χ2n) is 9.09. The number of aryl methyl sites for hydroxylation is 1. The highest BCUT2D eigenvalue weighted by Gasteiger charge is 2.57. The number of furan rings is 1. The number of hydrogen-bond donors (Lipinski definition) is 1. The van der Waals surface area contributed by atoms with Crippen molar-refractivity contribution in [2.75, 3.05) is 7.11 Å². The third-order valence-electron chi connectivity index (χ3n) is 7.53. The SMILES string of the molecule is C=C1CCC2[C@](C)(CCC[C@]2(C)C(=O)OC)[C@H]1CCc1ccoc1/C=C/C(=O)O. The van der Waals surface area contributed by atoms with Crippen molar-refractivity contribution in [2.45, 2.75) is 58.8 Å². The minimum absolute atomic E-state index is 0.0112. The maximum Gasteiger partial charge on any atom is 0.328 e. The lowest BCUT2D eigenvalue weighted by Crippen LogP contribution is -2.53. The first-order valence-corrected chi connectivity index (χ1v) is 10.5. The smallest absolute Gasteiger partial charge is 0.328 e. The van der Waals surface area contributed by atoms with Crippen LogP contribution in [-0.2, 0) is 20.7 Å². The van der Waals surface area contributed by atoms with Crippen LogP contribution >= 0.6 is 0 Å². The van der Waals surface area contributed by atoms with Crippen molar-refractivity contribution in [3.05, 3.63) is 41.9 Å². The average Bonchev–Trinajstić information content (AvgIpc) is 3.12. The van der Waals surface area contributed by atoms with Gasteiger partial charge in [-0.25, -0.2) is 4.79 Å². The number of methoxy groups -OCH3 is 1. The number of carboxylic acids is 1. The first-order valence-electron chi connectivity index (χ1n) is 10.5. The van der Waals surface area contributed by atoms with Crippen LogP contribution in [-0.4, -0.2) is 24.2 Å². The first kappa shape index (κ1) is 21.4. The second-order valence-corrected chi connectivity index (χ2v) is 9.09. The van der Waals surface area contributed by atoms with E-state index in [1.54, 1.807) is 6.26 Å². The van der Waals surface area contributed by atoms with Gasteiger partial charge in [-0.15, -0.1) is 0 Å². The lowest BCUT2D eigenvalue weighted by atomic mass is 9.46. The summed E-state index contributed by atoms with van der Waals surface area (Å²) in [7, 11) is 1.49. The maximum atomic E-state index is 12.7. The van der Waals surface area contributed by atoms with E-state index in [9.17, 15) is 9.59 Å². The molecule has 4 atom stereocenters. The predicted octanol–water partition coefficient (Wildman–Crippen LogP) is 5.26. The molecule has 0 aliphatic heterocycles. The van der Waals surface area contributed by atoms with E-state index in [0.717, 1.165) is 56.6 Å². The Labute approximate surface area is 172 Å². The summed E-state index contributed by atoms with van der Waals surface area (Å²) in [4.78, 5) is 23.5. The molecule has 29 heavy (non-hydrogen) atoms. The molecule has 0 radical (unpaired) electrons. The molecule has 2 saturated carbocycles. The molecular weight excluding hydrogens is 368 g/mol. The van der Waals surface area contributed by atoms with E-state index < -0.39 is 11.4 Å². The molecule has 1 unspecified atom stereocenters. The number of carboxylic acid groups (broad SMARTS) is 1. The molecule has 2 aliphatic carbocycles. The van der Waals surface area contributed by atoms with Gasteiger partial charge in [0.2, 0.25) is 0 Å². The molecule has 1 aromatic heterocycles. The number of esters is 1. The van der Waals surface area contributed by atoms with Crippen LogP contribution in [0.3, 0.4) is 0 Å². The Morgan fingerprint density at radius 1 is 1.38 bits per heavy atom. The average molecular weight is 401 g/mol. The van der Waals surface area contributed by atoms with Gasteiger partial charge in [0.1, 0.15) is 5.76 Å². The number of carbonyl (C=O) groups excluding carboxylic acids is 1. The molecule has 3 rings (SSSR count). The van der Waals surface area contributed by atoms with E-state index in [4.69, 9.17) is 14.3 Å². The van der Waals surface area contributed by atoms with E-state index >= 15 is 0 Å². The third kappa shape index (κ3) is 3.92. The van der Waals surface area contributed by atoms with Gasteiger partial charge >= 0.3 is 11.9 Å². The fourth-order valence-corrected chi connectivity index (χ4v) is 6.11. The molecule has 1 aromatic rings. The summed E-state index contributed by atoms with van der Waals surface area (Å²) >= 11 is 0. The zero-order valence-corrected chi connectivity index (χ0v) is 17.7. The largest absolute Gasteiger partial charge is 0.478 e. The molecule has 5 nitrogen and oxygen atoms in total. The maximum absolute atomic E-state index is 12.7. The minimum Gasteiger partial charge on any atom is -0.478 e. The third-order valence-corrected chi connectivity index (χ3v) is 7.53. The fraction of sp³-hybridized carbons (Fsp3) is 0.583. The van der Waals surface area contributed by atoms with Gasteiger partial charge < -0.3 is 14.3 Å². The van der Waals surface area contributed by atoms with Crippen molar-refractivity contribution in [2.24, 2.45) is 22.7 Å². The minimum atomic E-state index is -0.993. The summed E-state index contributed by atoms with van der Waals surface area (Å²) in [5.74, 6) is 0.112. The van der Waals surface area contributed by atoms with Gasteiger partial charge in [-0.1, -0.05) is 25.5 Å². The molecule has 158 valence electrons. The van der Waals surface area contributed by atoms with E-state index in [1.165, 1.54) is 18.8 Å². The van der Waals surface area contributed by atoms with Crippen molar-refractivity contribution < 1.29 is 23.8 Å². The zero-order valence-electron chi connectivity index (χ0n) is 17.7. The topological polar surface area (TPSA) is 76.7 Å². The number of allylic oxidation sites excluding steroid dienone is 1. The highest BCUT2D eigenvalue weighted by atomic mass is 16.5. The van der Waals surface area contributed by atoms with Crippen molar-refractivity contribution in [1.29, 1.82) is 0 Å². The molecule has 1 N–H and O–H groups in total. The van der Waals surface area contributed by atoms with Gasteiger partial charge in [-0.3, -0.25) is 4.79 Å². The zero-order chi connectivity index (χ0) is 21.2. The lowest BCUT2D eigenvalue weighted by Gasteiger charge is -2.57. The van der Waals surface area contributed by atoms with Crippen molar-refractivity contribution in [1.82, 2.24) is 0 Å². The number of hydrogen-bond acceptors (Lipinski definition) is 4. The summed E-state index contributed by atoms with van der Waals surface area (Å²) < 4.78 is 10.7. The van der Waals surface area contributed by atoms with Crippen LogP contribution < -0.4 is 0 Å². The standard InChI is InChI=1S/C24H32O5/c1-16-6-10-20-23(2,13-5-14-24(20,3)22(27)28-4)18(16)8-7-17-12-15-29-19(17)9-11-21(25)26/h9,11-12,15,18,20H,1,5-8,10,13-14H2,2-4H3,(H,25,26)/b11-9+/t18-,20?,23+,24-/m0/s1.